The molecule has 2 aromatic carbocycles. The zero-order valence-corrected chi connectivity index (χ0v) is 14.6. The van der Waals surface area contributed by atoms with Crippen LogP contribution in [-0.2, 0) is 16.0 Å². The second-order valence-electron chi connectivity index (χ2n) is 6.20. The number of nitrogen functional groups attached to an aromatic ring is 1. The quantitative estimate of drug-likeness (QED) is 0.590. The largest absolute Gasteiger partial charge is 0.482 e. The van der Waals surface area contributed by atoms with E-state index in [0.717, 1.165) is 17.0 Å². The Labute approximate surface area is 152 Å². The third-order valence-corrected chi connectivity index (χ3v) is 4.37. The van der Waals surface area contributed by atoms with Gasteiger partial charge in [0.1, 0.15) is 5.75 Å². The number of rotatable bonds is 7. The molecule has 0 radical (unpaired) electrons. The highest BCUT2D eigenvalue weighted by Crippen LogP contribution is 2.31. The summed E-state index contributed by atoms with van der Waals surface area (Å²) in [5.41, 5.74) is 8.37. The van der Waals surface area contributed by atoms with Gasteiger partial charge in [0.05, 0.1) is 5.69 Å². The van der Waals surface area contributed by atoms with Gasteiger partial charge in [0.2, 0.25) is 5.91 Å². The van der Waals surface area contributed by atoms with Crippen molar-refractivity contribution in [1.82, 2.24) is 5.32 Å². The molecule has 0 aliphatic carbocycles. The molecule has 0 spiro atoms. The van der Waals surface area contributed by atoms with E-state index in [1.54, 1.807) is 4.90 Å². The van der Waals surface area contributed by atoms with Gasteiger partial charge in [0.25, 0.3) is 5.91 Å². The highest BCUT2D eigenvalue weighted by atomic mass is 16.5. The van der Waals surface area contributed by atoms with Gasteiger partial charge in [-0.1, -0.05) is 30.3 Å². The minimum Gasteiger partial charge on any atom is -0.482 e. The van der Waals surface area contributed by atoms with E-state index in [-0.39, 0.29) is 18.4 Å². The Morgan fingerprint density at radius 3 is 2.77 bits per heavy atom. The number of aryl methyl sites for hydroxylation is 1. The standard InChI is InChI=1S/C20H23N3O3/c21-16-7-2-1-6-15(16)10-11-19(24)22-12-5-13-23-17-8-3-4-9-18(17)26-14-20(23)25/h1-4,6-9H,5,10-14,21H2,(H,22,24). The van der Waals surface area contributed by atoms with Crippen molar-refractivity contribution in [2.24, 2.45) is 0 Å². The Kier molecular flexibility index (Phi) is 5.73. The van der Waals surface area contributed by atoms with E-state index in [4.69, 9.17) is 10.5 Å². The molecule has 136 valence electrons. The van der Waals surface area contributed by atoms with Crippen molar-refractivity contribution in [2.75, 3.05) is 30.3 Å². The third kappa shape index (κ3) is 4.33. The monoisotopic (exact) mass is 353 g/mol. The lowest BCUT2D eigenvalue weighted by atomic mass is 10.1. The van der Waals surface area contributed by atoms with E-state index in [0.29, 0.717) is 38.0 Å². The lowest BCUT2D eigenvalue weighted by Gasteiger charge is -2.29. The van der Waals surface area contributed by atoms with E-state index >= 15 is 0 Å². The van der Waals surface area contributed by atoms with Crippen LogP contribution < -0.4 is 20.7 Å². The highest BCUT2D eigenvalue weighted by Gasteiger charge is 2.24. The molecule has 0 saturated heterocycles. The van der Waals surface area contributed by atoms with Gasteiger partial charge in [0, 0.05) is 25.2 Å². The Bertz CT molecular complexity index is 791. The predicted octanol–water partition coefficient (Wildman–Crippen LogP) is 2.13. The number of carbonyl (C=O) groups is 2. The normalized spacial score (nSPS) is 13.1. The van der Waals surface area contributed by atoms with Gasteiger partial charge in [-0.25, -0.2) is 0 Å². The summed E-state index contributed by atoms with van der Waals surface area (Å²) in [5, 5.41) is 2.90. The van der Waals surface area contributed by atoms with E-state index in [2.05, 4.69) is 5.32 Å². The molecule has 0 saturated carbocycles. The molecule has 3 rings (SSSR count). The number of carbonyl (C=O) groups excluding carboxylic acids is 2. The molecule has 1 aliphatic rings. The number of nitrogens with one attached hydrogen (secondary N) is 1. The van der Waals surface area contributed by atoms with Crippen LogP contribution in [0.3, 0.4) is 0 Å². The van der Waals surface area contributed by atoms with Crippen LogP contribution in [0.25, 0.3) is 0 Å². The van der Waals surface area contributed by atoms with Crippen LogP contribution in [-0.4, -0.2) is 31.5 Å². The van der Waals surface area contributed by atoms with Gasteiger partial charge in [-0.15, -0.1) is 0 Å². The zero-order valence-electron chi connectivity index (χ0n) is 14.6. The number of para-hydroxylation sites is 3. The molecule has 0 aromatic heterocycles. The van der Waals surface area contributed by atoms with E-state index < -0.39 is 0 Å². The van der Waals surface area contributed by atoms with Gasteiger partial charge in [-0.3, -0.25) is 9.59 Å². The SMILES string of the molecule is Nc1ccccc1CCC(=O)NCCCN1C(=O)COc2ccccc21. The maximum atomic E-state index is 12.1. The molecule has 0 bridgehead atoms. The lowest BCUT2D eigenvalue weighted by Crippen LogP contribution is -2.40. The predicted molar refractivity (Wildman–Crippen MR) is 101 cm³/mol. The average molecular weight is 353 g/mol. The summed E-state index contributed by atoms with van der Waals surface area (Å²) < 4.78 is 5.42. The minimum absolute atomic E-state index is 0.0121. The summed E-state index contributed by atoms with van der Waals surface area (Å²) in [6, 6.07) is 15.1. The topological polar surface area (TPSA) is 84.7 Å². The first-order chi connectivity index (χ1) is 12.6. The van der Waals surface area contributed by atoms with E-state index in [9.17, 15) is 9.59 Å². The lowest BCUT2D eigenvalue weighted by molar-refractivity contribution is -0.121. The Balaban J connectivity index is 1.42. The Morgan fingerprint density at radius 1 is 1.15 bits per heavy atom. The van der Waals surface area contributed by atoms with Gasteiger partial charge in [0.15, 0.2) is 6.61 Å². The van der Waals surface area contributed by atoms with Crippen molar-refractivity contribution in [3.63, 3.8) is 0 Å². The fourth-order valence-corrected chi connectivity index (χ4v) is 2.96. The number of hydrogen-bond donors (Lipinski definition) is 2. The van der Waals surface area contributed by atoms with Gasteiger partial charge in [-0.05, 0) is 36.6 Å². The van der Waals surface area contributed by atoms with Crippen LogP contribution in [0.1, 0.15) is 18.4 Å². The molecular formula is C20H23N3O3. The summed E-state index contributed by atoms with van der Waals surface area (Å²) in [6.45, 7) is 1.13. The van der Waals surface area contributed by atoms with Crippen molar-refractivity contribution in [3.8, 4) is 5.75 Å². The number of benzene rings is 2. The number of fused-ring (bicyclic) bond motifs is 1. The van der Waals surface area contributed by atoms with Gasteiger partial charge in [-0.2, -0.15) is 0 Å². The fraction of sp³-hybridized carbons (Fsp3) is 0.300. The number of hydrogen-bond acceptors (Lipinski definition) is 4. The second-order valence-corrected chi connectivity index (χ2v) is 6.20. The summed E-state index contributed by atoms with van der Waals surface area (Å²) in [5.74, 6) is 0.646. The minimum atomic E-state index is -0.0606. The van der Waals surface area contributed by atoms with E-state index in [1.807, 2.05) is 48.5 Å². The molecule has 2 amide bonds. The number of ether oxygens (including phenoxy) is 1. The number of anilines is 2. The summed E-state index contributed by atoms with van der Waals surface area (Å²) in [4.78, 5) is 25.8. The first-order valence-electron chi connectivity index (χ1n) is 8.77. The molecule has 2 aromatic rings. The molecule has 0 unspecified atom stereocenters. The van der Waals surface area contributed by atoms with Crippen LogP contribution in [0.15, 0.2) is 48.5 Å². The van der Waals surface area contributed by atoms with Crippen LogP contribution in [0.2, 0.25) is 0 Å². The van der Waals surface area contributed by atoms with Crippen LogP contribution in [0.4, 0.5) is 11.4 Å². The maximum absolute atomic E-state index is 12.1. The van der Waals surface area contributed by atoms with Crippen molar-refractivity contribution in [1.29, 1.82) is 0 Å². The van der Waals surface area contributed by atoms with E-state index in [1.165, 1.54) is 0 Å². The molecule has 6 nitrogen and oxygen atoms in total. The molecule has 26 heavy (non-hydrogen) atoms. The van der Waals surface area contributed by atoms with Crippen molar-refractivity contribution in [3.05, 3.63) is 54.1 Å². The molecule has 6 heteroatoms. The summed E-state index contributed by atoms with van der Waals surface area (Å²) in [7, 11) is 0. The smallest absolute Gasteiger partial charge is 0.265 e. The summed E-state index contributed by atoms with van der Waals surface area (Å²) >= 11 is 0. The van der Waals surface area contributed by atoms with Gasteiger partial charge < -0.3 is 20.7 Å². The fourth-order valence-electron chi connectivity index (χ4n) is 2.96. The second kappa shape index (κ2) is 8.38. The molecule has 1 heterocycles. The Morgan fingerprint density at radius 2 is 1.92 bits per heavy atom. The van der Waals surface area contributed by atoms with Crippen molar-refractivity contribution >= 4 is 23.2 Å². The first-order valence-corrected chi connectivity index (χ1v) is 8.77. The number of nitrogens with zero attached hydrogens (tertiary/aromatic N) is 1. The highest BCUT2D eigenvalue weighted by molar-refractivity contribution is 5.97. The molecular weight excluding hydrogens is 330 g/mol. The Hall–Kier alpha value is -3.02. The number of amides is 2. The van der Waals surface area contributed by atoms with Gasteiger partial charge >= 0.3 is 0 Å². The molecule has 3 N–H and O–H groups in total. The molecule has 0 atom stereocenters. The van der Waals surface area contributed by atoms with Crippen LogP contribution >= 0.6 is 0 Å². The van der Waals surface area contributed by atoms with Crippen molar-refractivity contribution < 1.29 is 14.3 Å². The third-order valence-electron chi connectivity index (χ3n) is 4.37. The molecule has 0 fully saturated rings. The molecule has 1 aliphatic heterocycles. The summed E-state index contributed by atoms with van der Waals surface area (Å²) in [6.07, 6.45) is 1.70. The van der Waals surface area contributed by atoms with Crippen LogP contribution in [0, 0.1) is 0 Å². The first kappa shape index (κ1) is 17.8. The van der Waals surface area contributed by atoms with Crippen LogP contribution in [0.5, 0.6) is 5.75 Å². The zero-order chi connectivity index (χ0) is 18.4. The number of nitrogens with two attached hydrogens (primary N) is 1. The average Bonchev–Trinajstić information content (AvgIpc) is 2.66. The van der Waals surface area contributed by atoms with Crippen molar-refractivity contribution in [2.45, 2.75) is 19.3 Å². The maximum Gasteiger partial charge on any atom is 0.265 e.